The number of allylic oxidation sites excluding steroid dienone is 1. The standard InChI is InChI=1S/C17H7NS5/c1(4-8-15-18-13-6-2-3-7-14(13)23-15)5-12-11-21-17(22-12)16-19-9-10-20-16/h2-3,6-7,9-11H. The van der Waals surface area contributed by atoms with Gasteiger partial charge in [-0.3, -0.25) is 0 Å². The highest BCUT2D eigenvalue weighted by molar-refractivity contribution is 8.33. The van der Waals surface area contributed by atoms with Crippen LogP contribution in [0.3, 0.4) is 0 Å². The van der Waals surface area contributed by atoms with Gasteiger partial charge in [0.25, 0.3) is 0 Å². The summed E-state index contributed by atoms with van der Waals surface area (Å²) in [7, 11) is 0. The Morgan fingerprint density at radius 1 is 0.870 bits per heavy atom. The van der Waals surface area contributed by atoms with Crippen LogP contribution in [0.2, 0.25) is 0 Å². The summed E-state index contributed by atoms with van der Waals surface area (Å²) in [5.41, 5.74) is 0.997. The molecule has 6 heteroatoms. The molecule has 2 aliphatic heterocycles. The van der Waals surface area contributed by atoms with Gasteiger partial charge in [-0.1, -0.05) is 59.2 Å². The van der Waals surface area contributed by atoms with Gasteiger partial charge in [0, 0.05) is 0 Å². The smallest absolute Gasteiger partial charge is 0.169 e. The van der Waals surface area contributed by atoms with E-state index in [0.29, 0.717) is 0 Å². The number of fused-ring (bicyclic) bond motifs is 1. The van der Waals surface area contributed by atoms with Crippen LogP contribution in [0.15, 0.2) is 53.9 Å². The molecule has 4 rings (SSSR count). The lowest BCUT2D eigenvalue weighted by Gasteiger charge is -1.98. The number of hydrogen-bond donors (Lipinski definition) is 0. The van der Waals surface area contributed by atoms with E-state index in [-0.39, 0.29) is 0 Å². The lowest BCUT2D eigenvalue weighted by Crippen LogP contribution is -1.69. The summed E-state index contributed by atoms with van der Waals surface area (Å²) < 4.78 is 3.81. The molecule has 0 N–H and O–H groups in total. The Morgan fingerprint density at radius 3 is 2.57 bits per heavy atom. The number of thioether (sulfide) groups is 4. The number of rotatable bonds is 0. The quantitative estimate of drug-likeness (QED) is 0.510. The van der Waals surface area contributed by atoms with E-state index in [0.717, 1.165) is 20.1 Å². The first kappa shape index (κ1) is 15.4. The van der Waals surface area contributed by atoms with E-state index in [4.69, 9.17) is 0 Å². The molecule has 23 heavy (non-hydrogen) atoms. The maximum atomic E-state index is 4.48. The van der Waals surface area contributed by atoms with E-state index in [9.17, 15) is 0 Å². The second-order valence-electron chi connectivity index (χ2n) is 4.27. The van der Waals surface area contributed by atoms with Gasteiger partial charge in [0.2, 0.25) is 0 Å². The zero-order valence-electron chi connectivity index (χ0n) is 11.5. The average Bonchev–Trinajstić information content (AvgIpc) is 3.30. The van der Waals surface area contributed by atoms with Crippen molar-refractivity contribution in [2.75, 3.05) is 0 Å². The Balaban J connectivity index is 1.44. The monoisotopic (exact) mass is 385 g/mol. The summed E-state index contributed by atoms with van der Waals surface area (Å²) in [6.07, 6.45) is 0. The van der Waals surface area contributed by atoms with Gasteiger partial charge in [-0.05, 0) is 52.0 Å². The highest BCUT2D eigenvalue weighted by Gasteiger charge is 2.17. The first-order valence-electron chi connectivity index (χ1n) is 6.53. The Bertz CT molecular complexity index is 945. The summed E-state index contributed by atoms with van der Waals surface area (Å²) in [6.45, 7) is 0. The summed E-state index contributed by atoms with van der Waals surface area (Å²) >= 11 is 8.62. The molecule has 2 aliphatic rings. The zero-order chi connectivity index (χ0) is 15.5. The Labute approximate surface area is 155 Å². The third-order valence-electron chi connectivity index (χ3n) is 2.76. The molecule has 0 fully saturated rings. The molecule has 2 aromatic rings. The molecule has 0 atom stereocenters. The highest BCUT2D eigenvalue weighted by Crippen LogP contribution is 2.52. The van der Waals surface area contributed by atoms with Crippen molar-refractivity contribution in [3.63, 3.8) is 0 Å². The number of aromatic nitrogens is 1. The number of nitrogens with zero attached hydrogens (tertiary/aromatic N) is 1. The third kappa shape index (κ3) is 3.68. The van der Waals surface area contributed by atoms with E-state index in [1.807, 2.05) is 18.2 Å². The largest absolute Gasteiger partial charge is 0.228 e. The molecule has 1 aromatic heterocycles. The number of thiazole rings is 1. The van der Waals surface area contributed by atoms with E-state index in [1.165, 1.54) is 8.47 Å². The number of benzene rings is 1. The van der Waals surface area contributed by atoms with Crippen molar-refractivity contribution >= 4 is 68.6 Å². The predicted molar refractivity (Wildman–Crippen MR) is 109 cm³/mol. The molecule has 0 spiro atoms. The molecule has 0 saturated carbocycles. The van der Waals surface area contributed by atoms with Crippen LogP contribution in [0, 0.1) is 23.7 Å². The zero-order valence-corrected chi connectivity index (χ0v) is 15.6. The van der Waals surface area contributed by atoms with Crippen molar-refractivity contribution in [3.8, 4) is 23.7 Å². The molecule has 0 amide bonds. The van der Waals surface area contributed by atoms with Crippen molar-refractivity contribution in [2.24, 2.45) is 0 Å². The highest BCUT2D eigenvalue weighted by atomic mass is 32.2. The fourth-order valence-corrected chi connectivity index (χ4v) is 6.88. The Hall–Kier alpha value is -1.15. The number of para-hydroxylation sites is 1. The molecule has 0 bridgehead atoms. The van der Waals surface area contributed by atoms with Crippen molar-refractivity contribution in [3.05, 3.63) is 58.9 Å². The van der Waals surface area contributed by atoms with Crippen LogP contribution in [-0.4, -0.2) is 4.98 Å². The SMILES string of the molecule is C(C#Cc1nc2ccccc2s1)#CC1=CSC(=C2SC=CS2)S1. The van der Waals surface area contributed by atoms with E-state index in [2.05, 4.69) is 51.0 Å². The van der Waals surface area contributed by atoms with E-state index >= 15 is 0 Å². The van der Waals surface area contributed by atoms with Gasteiger partial charge < -0.3 is 0 Å². The molecule has 1 aromatic carbocycles. The molecule has 0 aliphatic carbocycles. The molecular formula is C17H7NS5. The van der Waals surface area contributed by atoms with Gasteiger partial charge in [0.1, 0.15) is 0 Å². The Morgan fingerprint density at radius 2 is 1.70 bits per heavy atom. The van der Waals surface area contributed by atoms with Crippen LogP contribution in [0.1, 0.15) is 5.01 Å². The number of hydrogen-bond acceptors (Lipinski definition) is 6. The van der Waals surface area contributed by atoms with Gasteiger partial charge in [-0.15, -0.1) is 11.3 Å². The molecule has 0 radical (unpaired) electrons. The predicted octanol–water partition coefficient (Wildman–Crippen LogP) is 6.05. The minimum Gasteiger partial charge on any atom is -0.228 e. The van der Waals surface area contributed by atoms with Crippen LogP contribution >= 0.6 is 58.4 Å². The topological polar surface area (TPSA) is 12.9 Å². The van der Waals surface area contributed by atoms with Crippen LogP contribution in [-0.2, 0) is 0 Å². The molecule has 1 nitrogen and oxygen atoms in total. The van der Waals surface area contributed by atoms with Gasteiger partial charge in [-0.25, -0.2) is 4.98 Å². The summed E-state index contributed by atoms with van der Waals surface area (Å²) in [4.78, 5) is 5.54. The first-order chi connectivity index (χ1) is 11.4. The molecule has 110 valence electrons. The van der Waals surface area contributed by atoms with Crippen LogP contribution < -0.4 is 0 Å². The summed E-state index contributed by atoms with van der Waals surface area (Å²) in [5.74, 6) is 12.0. The molecule has 3 heterocycles. The second kappa shape index (κ2) is 7.17. The molecule has 0 saturated heterocycles. The van der Waals surface area contributed by atoms with Crippen molar-refractivity contribution in [1.82, 2.24) is 4.98 Å². The third-order valence-corrected chi connectivity index (χ3v) is 8.65. The summed E-state index contributed by atoms with van der Waals surface area (Å²) in [6, 6.07) is 8.07. The summed E-state index contributed by atoms with van der Waals surface area (Å²) in [5, 5.41) is 7.14. The first-order valence-corrected chi connectivity index (χ1v) is 10.8. The fraction of sp³-hybridized carbons (Fsp3) is 0. The minimum absolute atomic E-state index is 0.815. The second-order valence-corrected chi connectivity index (χ2v) is 9.58. The van der Waals surface area contributed by atoms with E-state index in [1.54, 1.807) is 58.4 Å². The normalized spacial score (nSPS) is 16.1. The van der Waals surface area contributed by atoms with Gasteiger partial charge >= 0.3 is 0 Å². The molecular weight excluding hydrogens is 379 g/mol. The Kier molecular flexibility index (Phi) is 4.80. The van der Waals surface area contributed by atoms with Crippen LogP contribution in [0.25, 0.3) is 10.2 Å². The van der Waals surface area contributed by atoms with E-state index < -0.39 is 0 Å². The average molecular weight is 386 g/mol. The minimum atomic E-state index is 0.815. The van der Waals surface area contributed by atoms with Gasteiger partial charge in [-0.2, -0.15) is 0 Å². The van der Waals surface area contributed by atoms with Crippen molar-refractivity contribution in [2.45, 2.75) is 0 Å². The fourth-order valence-electron chi connectivity index (χ4n) is 1.81. The lowest BCUT2D eigenvalue weighted by atomic mass is 10.3. The van der Waals surface area contributed by atoms with Crippen LogP contribution in [0.4, 0.5) is 0 Å². The molecule has 0 unspecified atom stereocenters. The van der Waals surface area contributed by atoms with Gasteiger partial charge in [0.15, 0.2) is 5.01 Å². The maximum absolute atomic E-state index is 4.48. The lowest BCUT2D eigenvalue weighted by molar-refractivity contribution is 1.45. The van der Waals surface area contributed by atoms with Crippen molar-refractivity contribution in [1.29, 1.82) is 0 Å². The van der Waals surface area contributed by atoms with Gasteiger partial charge in [0.05, 0.1) is 23.6 Å². The maximum Gasteiger partial charge on any atom is 0.169 e. The van der Waals surface area contributed by atoms with Crippen molar-refractivity contribution < 1.29 is 0 Å². The van der Waals surface area contributed by atoms with Crippen LogP contribution in [0.5, 0.6) is 0 Å².